The number of hydrogen-bond donors (Lipinski definition) is 1. The van der Waals surface area contributed by atoms with Crippen molar-refractivity contribution in [3.05, 3.63) is 22.9 Å². The molecule has 0 aliphatic carbocycles. The number of hydrogen-bond acceptors (Lipinski definition) is 3. The van der Waals surface area contributed by atoms with Gasteiger partial charge in [0, 0.05) is 23.6 Å². The van der Waals surface area contributed by atoms with Crippen molar-refractivity contribution < 1.29 is 9.59 Å². The molecule has 1 aliphatic heterocycles. The van der Waals surface area contributed by atoms with Crippen LogP contribution in [0.5, 0.6) is 0 Å². The average Bonchev–Trinajstić information content (AvgIpc) is 2.17. The standard InChI is InChI=1S/C9H8BrN3O2/c10-6-3-7(5-11-4-6)13-2-1-8(14)12-9(13)15/h3-5H,1-2H2,(H,12,14,15). The molecule has 6 heteroatoms. The molecule has 1 aliphatic rings. The number of pyridine rings is 1. The second-order valence-corrected chi connectivity index (χ2v) is 4.03. The van der Waals surface area contributed by atoms with E-state index >= 15 is 0 Å². The lowest BCUT2D eigenvalue weighted by Crippen LogP contribution is -2.49. The highest BCUT2D eigenvalue weighted by Crippen LogP contribution is 2.19. The van der Waals surface area contributed by atoms with E-state index in [4.69, 9.17) is 0 Å². The second kappa shape index (κ2) is 3.98. The number of nitrogens with zero attached hydrogens (tertiary/aromatic N) is 2. The number of halogens is 1. The number of amides is 3. The number of aromatic nitrogens is 1. The van der Waals surface area contributed by atoms with E-state index in [0.717, 1.165) is 4.47 Å². The monoisotopic (exact) mass is 269 g/mol. The molecule has 0 unspecified atom stereocenters. The van der Waals surface area contributed by atoms with Crippen molar-refractivity contribution in [3.63, 3.8) is 0 Å². The highest BCUT2D eigenvalue weighted by Gasteiger charge is 2.24. The number of carbonyl (C=O) groups excluding carboxylic acids is 2. The first-order chi connectivity index (χ1) is 7.16. The SMILES string of the molecule is O=C1CCN(c2cncc(Br)c2)C(=O)N1. The zero-order valence-corrected chi connectivity index (χ0v) is 9.32. The number of carbonyl (C=O) groups is 2. The Balaban J connectivity index is 2.24. The molecule has 78 valence electrons. The van der Waals surface area contributed by atoms with Crippen molar-refractivity contribution >= 4 is 33.6 Å². The molecule has 2 heterocycles. The summed E-state index contributed by atoms with van der Waals surface area (Å²) in [6.45, 7) is 0.392. The largest absolute Gasteiger partial charge is 0.328 e. The number of nitrogens with one attached hydrogen (secondary N) is 1. The summed E-state index contributed by atoms with van der Waals surface area (Å²) >= 11 is 3.27. The van der Waals surface area contributed by atoms with Crippen LogP contribution in [-0.2, 0) is 4.79 Å². The maximum atomic E-state index is 11.5. The van der Waals surface area contributed by atoms with E-state index in [1.165, 1.54) is 4.90 Å². The minimum atomic E-state index is -0.397. The number of imide groups is 1. The Morgan fingerprint density at radius 1 is 1.40 bits per heavy atom. The van der Waals surface area contributed by atoms with Crippen molar-refractivity contribution in [1.82, 2.24) is 10.3 Å². The Hall–Kier alpha value is -1.43. The molecular formula is C9H8BrN3O2. The van der Waals surface area contributed by atoms with Crippen molar-refractivity contribution in [3.8, 4) is 0 Å². The van der Waals surface area contributed by atoms with Crippen molar-refractivity contribution in [2.45, 2.75) is 6.42 Å². The molecule has 1 N–H and O–H groups in total. The molecule has 5 nitrogen and oxygen atoms in total. The van der Waals surface area contributed by atoms with E-state index in [-0.39, 0.29) is 5.91 Å². The quantitative estimate of drug-likeness (QED) is 0.836. The first kappa shape index (κ1) is 10.1. The summed E-state index contributed by atoms with van der Waals surface area (Å²) in [4.78, 5) is 27.8. The molecule has 2 rings (SSSR count). The van der Waals surface area contributed by atoms with Gasteiger partial charge in [-0.15, -0.1) is 0 Å². The van der Waals surface area contributed by atoms with Gasteiger partial charge in [-0.1, -0.05) is 0 Å². The number of rotatable bonds is 1. The second-order valence-electron chi connectivity index (χ2n) is 3.12. The fraction of sp³-hybridized carbons (Fsp3) is 0.222. The molecule has 0 aromatic carbocycles. The molecule has 0 spiro atoms. The first-order valence-electron chi connectivity index (χ1n) is 4.39. The fourth-order valence-electron chi connectivity index (χ4n) is 1.36. The lowest BCUT2D eigenvalue weighted by atomic mass is 10.3. The van der Waals surface area contributed by atoms with Gasteiger partial charge in [0.25, 0.3) is 0 Å². The molecule has 1 saturated heterocycles. The van der Waals surface area contributed by atoms with E-state index in [9.17, 15) is 9.59 Å². The maximum absolute atomic E-state index is 11.5. The Morgan fingerprint density at radius 3 is 2.87 bits per heavy atom. The van der Waals surface area contributed by atoms with Crippen LogP contribution in [0, 0.1) is 0 Å². The zero-order chi connectivity index (χ0) is 10.8. The topological polar surface area (TPSA) is 62.3 Å². The molecule has 0 saturated carbocycles. The first-order valence-corrected chi connectivity index (χ1v) is 5.18. The van der Waals surface area contributed by atoms with Gasteiger partial charge in [0.05, 0.1) is 11.9 Å². The Bertz CT molecular complexity index is 422. The molecule has 3 amide bonds. The summed E-state index contributed by atoms with van der Waals surface area (Å²) in [5.41, 5.74) is 0.675. The lowest BCUT2D eigenvalue weighted by Gasteiger charge is -2.26. The van der Waals surface area contributed by atoms with Crippen LogP contribution in [0.15, 0.2) is 22.9 Å². The number of urea groups is 1. The molecule has 0 atom stereocenters. The summed E-state index contributed by atoms with van der Waals surface area (Å²) in [5.74, 6) is -0.237. The Kier molecular flexibility index (Phi) is 2.68. The summed E-state index contributed by atoms with van der Waals surface area (Å²) in [5, 5.41) is 2.25. The van der Waals surface area contributed by atoms with Crippen LogP contribution in [0.3, 0.4) is 0 Å². The van der Waals surface area contributed by atoms with E-state index in [1.807, 2.05) is 0 Å². The summed E-state index contributed by atoms with van der Waals surface area (Å²) in [7, 11) is 0. The van der Waals surface area contributed by atoms with Gasteiger partial charge < -0.3 is 0 Å². The molecule has 15 heavy (non-hydrogen) atoms. The van der Waals surface area contributed by atoms with Crippen LogP contribution >= 0.6 is 15.9 Å². The molecule has 0 bridgehead atoms. The van der Waals surface area contributed by atoms with Gasteiger partial charge in [-0.25, -0.2) is 4.79 Å². The zero-order valence-electron chi connectivity index (χ0n) is 7.74. The third-order valence-corrected chi connectivity index (χ3v) is 2.49. The third-order valence-electron chi connectivity index (χ3n) is 2.06. The van der Waals surface area contributed by atoms with Gasteiger partial charge in [-0.3, -0.25) is 20.0 Å². The summed E-state index contributed by atoms with van der Waals surface area (Å²) < 4.78 is 0.796. The van der Waals surface area contributed by atoms with Crippen LogP contribution in [0.4, 0.5) is 10.5 Å². The van der Waals surface area contributed by atoms with Crippen molar-refractivity contribution in [2.75, 3.05) is 11.4 Å². The maximum Gasteiger partial charge on any atom is 0.328 e. The minimum Gasteiger partial charge on any atom is -0.292 e. The molecule has 1 aromatic rings. The molecule has 1 fully saturated rings. The lowest BCUT2D eigenvalue weighted by molar-refractivity contribution is -0.120. The predicted octanol–water partition coefficient (Wildman–Crippen LogP) is 1.29. The molecular weight excluding hydrogens is 262 g/mol. The van der Waals surface area contributed by atoms with Gasteiger partial charge in [-0.05, 0) is 22.0 Å². The predicted molar refractivity (Wildman–Crippen MR) is 57.4 cm³/mol. The average molecular weight is 270 g/mol. The van der Waals surface area contributed by atoms with Gasteiger partial charge in [0.2, 0.25) is 5.91 Å². The summed E-state index contributed by atoms with van der Waals surface area (Å²) in [6.07, 6.45) is 3.54. The van der Waals surface area contributed by atoms with Gasteiger partial charge in [0.1, 0.15) is 0 Å². The van der Waals surface area contributed by atoms with E-state index in [1.54, 1.807) is 18.5 Å². The van der Waals surface area contributed by atoms with E-state index in [0.29, 0.717) is 18.7 Å². The van der Waals surface area contributed by atoms with Gasteiger partial charge in [0.15, 0.2) is 0 Å². The van der Waals surface area contributed by atoms with Gasteiger partial charge >= 0.3 is 6.03 Å². The highest BCUT2D eigenvalue weighted by molar-refractivity contribution is 9.10. The fourth-order valence-corrected chi connectivity index (χ4v) is 1.71. The van der Waals surface area contributed by atoms with Crippen LogP contribution in [0.2, 0.25) is 0 Å². The van der Waals surface area contributed by atoms with Crippen LogP contribution in [0.25, 0.3) is 0 Å². The van der Waals surface area contributed by atoms with Crippen LogP contribution < -0.4 is 10.2 Å². The van der Waals surface area contributed by atoms with Gasteiger partial charge in [-0.2, -0.15) is 0 Å². The van der Waals surface area contributed by atoms with E-state index in [2.05, 4.69) is 26.2 Å². The van der Waals surface area contributed by atoms with Crippen molar-refractivity contribution in [1.29, 1.82) is 0 Å². The number of anilines is 1. The smallest absolute Gasteiger partial charge is 0.292 e. The normalized spacial score (nSPS) is 16.5. The third kappa shape index (κ3) is 2.15. The Labute approximate surface area is 94.6 Å². The van der Waals surface area contributed by atoms with Crippen LogP contribution in [-0.4, -0.2) is 23.5 Å². The molecule has 1 aromatic heterocycles. The van der Waals surface area contributed by atoms with Crippen LogP contribution in [0.1, 0.15) is 6.42 Å². The highest BCUT2D eigenvalue weighted by atomic mass is 79.9. The molecule has 0 radical (unpaired) electrons. The van der Waals surface area contributed by atoms with E-state index < -0.39 is 6.03 Å². The Morgan fingerprint density at radius 2 is 2.20 bits per heavy atom. The van der Waals surface area contributed by atoms with Crippen molar-refractivity contribution in [2.24, 2.45) is 0 Å². The summed E-state index contributed by atoms with van der Waals surface area (Å²) in [6, 6.07) is 1.38. The minimum absolute atomic E-state index is 0.237.